The molecule has 1 heterocycles. The van der Waals surface area contributed by atoms with E-state index in [1.54, 1.807) is 0 Å². The highest BCUT2D eigenvalue weighted by molar-refractivity contribution is 4.88. The van der Waals surface area contributed by atoms with Crippen LogP contribution < -0.4 is 5.73 Å². The van der Waals surface area contributed by atoms with Crippen LogP contribution in [-0.2, 0) is 0 Å². The Morgan fingerprint density at radius 1 is 1.18 bits per heavy atom. The van der Waals surface area contributed by atoms with Crippen molar-refractivity contribution in [1.82, 2.24) is 4.90 Å². The molecule has 2 rings (SSSR count). The van der Waals surface area contributed by atoms with E-state index in [0.717, 1.165) is 44.9 Å². The van der Waals surface area contributed by atoms with Crippen molar-refractivity contribution in [2.24, 2.45) is 17.6 Å². The van der Waals surface area contributed by atoms with Gasteiger partial charge in [0.1, 0.15) is 0 Å². The van der Waals surface area contributed by atoms with Crippen LogP contribution in [0.2, 0.25) is 0 Å². The summed E-state index contributed by atoms with van der Waals surface area (Å²) in [7, 11) is 0. The van der Waals surface area contributed by atoms with Crippen LogP contribution in [0.15, 0.2) is 0 Å². The predicted octanol–water partition coefficient (Wildman–Crippen LogP) is 1.60. The number of nitrogens with two attached hydrogens (primary N) is 1. The molecule has 0 aromatic rings. The van der Waals surface area contributed by atoms with Gasteiger partial charge in [0, 0.05) is 6.54 Å². The Bertz CT molecular complexity index is 228. The Morgan fingerprint density at radius 3 is 2.29 bits per heavy atom. The summed E-state index contributed by atoms with van der Waals surface area (Å²) in [6.07, 6.45) is 6.79. The summed E-state index contributed by atoms with van der Waals surface area (Å²) < 4.78 is 0. The van der Waals surface area contributed by atoms with Crippen LogP contribution in [-0.4, -0.2) is 41.8 Å². The maximum absolute atomic E-state index is 10.6. The highest BCUT2D eigenvalue weighted by Crippen LogP contribution is 2.33. The number of likely N-dealkylation sites (tertiary alicyclic amines) is 1. The lowest BCUT2D eigenvalue weighted by atomic mass is 9.79. The van der Waals surface area contributed by atoms with Gasteiger partial charge in [-0.3, -0.25) is 0 Å². The van der Waals surface area contributed by atoms with E-state index in [0.29, 0.717) is 5.92 Å². The second-order valence-electron chi connectivity index (χ2n) is 6.36. The van der Waals surface area contributed by atoms with E-state index in [-0.39, 0.29) is 0 Å². The Hall–Kier alpha value is -0.120. The van der Waals surface area contributed by atoms with E-state index in [9.17, 15) is 5.11 Å². The molecule has 1 saturated carbocycles. The van der Waals surface area contributed by atoms with Crippen molar-refractivity contribution in [3.05, 3.63) is 0 Å². The quantitative estimate of drug-likeness (QED) is 0.788. The molecule has 3 nitrogen and oxygen atoms in total. The average molecular weight is 240 g/mol. The zero-order chi connectivity index (χ0) is 12.3. The molecule has 0 unspecified atom stereocenters. The van der Waals surface area contributed by atoms with Crippen LogP contribution in [0.3, 0.4) is 0 Å². The Kier molecular flexibility index (Phi) is 4.45. The molecule has 3 heteroatoms. The van der Waals surface area contributed by atoms with Crippen molar-refractivity contribution < 1.29 is 5.11 Å². The molecule has 0 spiro atoms. The van der Waals surface area contributed by atoms with Crippen LogP contribution in [0.5, 0.6) is 0 Å². The number of rotatable bonds is 3. The summed E-state index contributed by atoms with van der Waals surface area (Å²) >= 11 is 0. The van der Waals surface area contributed by atoms with Gasteiger partial charge in [-0.05, 0) is 70.0 Å². The van der Waals surface area contributed by atoms with Gasteiger partial charge in [0.15, 0.2) is 0 Å². The maximum atomic E-state index is 10.6. The molecular formula is C14H28N2O. The second kappa shape index (κ2) is 5.68. The van der Waals surface area contributed by atoms with Crippen molar-refractivity contribution in [1.29, 1.82) is 0 Å². The molecule has 1 saturated heterocycles. The number of piperidine rings is 1. The molecule has 0 amide bonds. The number of hydrogen-bond donors (Lipinski definition) is 2. The van der Waals surface area contributed by atoms with Crippen molar-refractivity contribution in [3.63, 3.8) is 0 Å². The van der Waals surface area contributed by atoms with E-state index in [2.05, 4.69) is 11.8 Å². The molecule has 0 atom stereocenters. The van der Waals surface area contributed by atoms with Crippen molar-refractivity contribution in [3.8, 4) is 0 Å². The molecular weight excluding hydrogens is 212 g/mol. The molecule has 1 aliphatic carbocycles. The molecule has 2 aliphatic rings. The van der Waals surface area contributed by atoms with Crippen LogP contribution in [0, 0.1) is 11.8 Å². The Labute approximate surface area is 105 Å². The fourth-order valence-electron chi connectivity index (χ4n) is 3.25. The van der Waals surface area contributed by atoms with Gasteiger partial charge in [-0.15, -0.1) is 0 Å². The minimum atomic E-state index is -0.401. The minimum Gasteiger partial charge on any atom is -0.389 e. The molecule has 17 heavy (non-hydrogen) atoms. The smallest absolute Gasteiger partial charge is 0.0774 e. The topological polar surface area (TPSA) is 49.5 Å². The molecule has 0 aromatic carbocycles. The highest BCUT2D eigenvalue weighted by atomic mass is 16.3. The molecule has 0 bridgehead atoms. The average Bonchev–Trinajstić information content (AvgIpc) is 2.34. The summed E-state index contributed by atoms with van der Waals surface area (Å²) in [5.74, 6) is 1.52. The maximum Gasteiger partial charge on any atom is 0.0774 e. The van der Waals surface area contributed by atoms with Crippen LogP contribution in [0.25, 0.3) is 0 Å². The summed E-state index contributed by atoms with van der Waals surface area (Å²) in [6.45, 7) is 6.26. The van der Waals surface area contributed by atoms with E-state index >= 15 is 0 Å². The third-order valence-corrected chi connectivity index (χ3v) is 4.76. The van der Waals surface area contributed by atoms with Gasteiger partial charge in [-0.2, -0.15) is 0 Å². The number of nitrogens with zero attached hydrogens (tertiary/aromatic N) is 1. The molecule has 0 aromatic heterocycles. The first kappa shape index (κ1) is 13.3. The van der Waals surface area contributed by atoms with Crippen LogP contribution in [0.1, 0.15) is 45.4 Å². The Morgan fingerprint density at radius 2 is 1.76 bits per heavy atom. The molecule has 2 fully saturated rings. The van der Waals surface area contributed by atoms with Gasteiger partial charge in [-0.1, -0.05) is 6.92 Å². The number of β-amino-alcohol motifs (C(OH)–C–C–N with tert-alkyl or cyclic N) is 1. The summed E-state index contributed by atoms with van der Waals surface area (Å²) in [5.41, 5.74) is 5.31. The van der Waals surface area contributed by atoms with Gasteiger partial charge in [0.05, 0.1) is 5.60 Å². The first-order valence-electron chi connectivity index (χ1n) is 7.26. The first-order chi connectivity index (χ1) is 8.11. The standard InChI is InChI=1S/C14H28N2O/c1-12-2-6-14(17,7-3-12)11-16-8-4-13(10-15)5-9-16/h12-13,17H,2-11,15H2,1H3. The van der Waals surface area contributed by atoms with Crippen molar-refractivity contribution in [2.45, 2.75) is 51.0 Å². The predicted molar refractivity (Wildman–Crippen MR) is 70.8 cm³/mol. The van der Waals surface area contributed by atoms with Crippen LogP contribution in [0.4, 0.5) is 0 Å². The first-order valence-corrected chi connectivity index (χ1v) is 7.26. The van der Waals surface area contributed by atoms with Crippen molar-refractivity contribution >= 4 is 0 Å². The van der Waals surface area contributed by atoms with Crippen molar-refractivity contribution in [2.75, 3.05) is 26.2 Å². The van der Waals surface area contributed by atoms with E-state index in [4.69, 9.17) is 5.73 Å². The summed E-state index contributed by atoms with van der Waals surface area (Å²) in [6, 6.07) is 0. The van der Waals surface area contributed by atoms with Gasteiger partial charge >= 0.3 is 0 Å². The monoisotopic (exact) mass is 240 g/mol. The summed E-state index contributed by atoms with van der Waals surface area (Å²) in [5, 5.41) is 10.6. The van der Waals surface area contributed by atoms with Gasteiger partial charge in [0.25, 0.3) is 0 Å². The lowest BCUT2D eigenvalue weighted by Crippen LogP contribution is -2.48. The SMILES string of the molecule is CC1CCC(O)(CN2CCC(CN)CC2)CC1. The van der Waals surface area contributed by atoms with Crippen LogP contribution >= 0.6 is 0 Å². The van der Waals surface area contributed by atoms with E-state index in [1.165, 1.54) is 25.7 Å². The van der Waals surface area contributed by atoms with E-state index in [1.807, 2.05) is 0 Å². The zero-order valence-corrected chi connectivity index (χ0v) is 11.2. The highest BCUT2D eigenvalue weighted by Gasteiger charge is 2.34. The summed E-state index contributed by atoms with van der Waals surface area (Å²) in [4.78, 5) is 2.45. The fourth-order valence-corrected chi connectivity index (χ4v) is 3.25. The third kappa shape index (κ3) is 3.67. The molecule has 100 valence electrons. The zero-order valence-electron chi connectivity index (χ0n) is 11.2. The molecule has 0 radical (unpaired) electrons. The molecule has 3 N–H and O–H groups in total. The normalized spacial score (nSPS) is 37.2. The minimum absolute atomic E-state index is 0.401. The Balaban J connectivity index is 1.77. The number of aliphatic hydroxyl groups is 1. The largest absolute Gasteiger partial charge is 0.389 e. The lowest BCUT2D eigenvalue weighted by molar-refractivity contribution is -0.0406. The molecule has 1 aliphatic heterocycles. The third-order valence-electron chi connectivity index (χ3n) is 4.76. The second-order valence-corrected chi connectivity index (χ2v) is 6.36. The van der Waals surface area contributed by atoms with Gasteiger partial charge in [-0.25, -0.2) is 0 Å². The number of hydrogen-bond acceptors (Lipinski definition) is 3. The lowest BCUT2D eigenvalue weighted by Gasteiger charge is -2.41. The van der Waals surface area contributed by atoms with Gasteiger partial charge < -0.3 is 15.7 Å². The fraction of sp³-hybridized carbons (Fsp3) is 1.00. The van der Waals surface area contributed by atoms with E-state index < -0.39 is 5.60 Å². The van der Waals surface area contributed by atoms with Gasteiger partial charge in [0.2, 0.25) is 0 Å².